The molecule has 3 rings (SSSR count). The molecular formula is C19H19BrCl2N2O3. The van der Waals surface area contributed by atoms with Crippen LogP contribution < -0.4 is 15.0 Å². The van der Waals surface area contributed by atoms with Crippen molar-refractivity contribution in [3.8, 4) is 5.75 Å². The molecule has 5 nitrogen and oxygen atoms in total. The number of anilines is 2. The molecule has 1 N–H and O–H groups in total. The first-order valence-corrected chi connectivity index (χ1v) is 10.0. The van der Waals surface area contributed by atoms with Crippen LogP contribution in [-0.2, 0) is 9.53 Å². The number of rotatable bonds is 5. The van der Waals surface area contributed by atoms with E-state index in [4.69, 9.17) is 32.7 Å². The van der Waals surface area contributed by atoms with Gasteiger partial charge < -0.3 is 19.7 Å². The van der Waals surface area contributed by atoms with Crippen molar-refractivity contribution in [3.05, 3.63) is 50.9 Å². The Kier molecular flexibility index (Phi) is 6.87. The van der Waals surface area contributed by atoms with E-state index in [9.17, 15) is 4.79 Å². The summed E-state index contributed by atoms with van der Waals surface area (Å²) in [5.74, 6) is 0.139. The van der Waals surface area contributed by atoms with Gasteiger partial charge in [-0.1, -0.05) is 23.2 Å². The van der Waals surface area contributed by atoms with Crippen LogP contribution in [0.2, 0.25) is 10.0 Å². The molecule has 8 heteroatoms. The van der Waals surface area contributed by atoms with Crippen LogP contribution in [0.3, 0.4) is 0 Å². The minimum absolute atomic E-state index is 0.271. The number of amides is 1. The monoisotopic (exact) mass is 472 g/mol. The van der Waals surface area contributed by atoms with Crippen molar-refractivity contribution in [2.24, 2.45) is 0 Å². The number of nitrogens with zero attached hydrogens (tertiary/aromatic N) is 1. The van der Waals surface area contributed by atoms with Gasteiger partial charge in [-0.15, -0.1) is 0 Å². The van der Waals surface area contributed by atoms with E-state index in [1.54, 1.807) is 25.1 Å². The van der Waals surface area contributed by atoms with Gasteiger partial charge in [0.1, 0.15) is 5.75 Å². The van der Waals surface area contributed by atoms with Gasteiger partial charge in [0.25, 0.3) is 5.91 Å². The predicted molar refractivity (Wildman–Crippen MR) is 112 cm³/mol. The molecule has 1 atom stereocenters. The van der Waals surface area contributed by atoms with E-state index in [1.165, 1.54) is 0 Å². The van der Waals surface area contributed by atoms with Crippen LogP contribution in [0.15, 0.2) is 40.9 Å². The summed E-state index contributed by atoms with van der Waals surface area (Å²) >= 11 is 15.5. The number of hydrogen-bond acceptors (Lipinski definition) is 4. The fraction of sp³-hybridized carbons (Fsp3) is 0.316. The van der Waals surface area contributed by atoms with E-state index in [2.05, 4.69) is 26.1 Å². The van der Waals surface area contributed by atoms with Gasteiger partial charge in [-0.05, 0) is 59.3 Å². The van der Waals surface area contributed by atoms with Gasteiger partial charge >= 0.3 is 0 Å². The van der Waals surface area contributed by atoms with Crippen molar-refractivity contribution >= 4 is 56.4 Å². The van der Waals surface area contributed by atoms with Gasteiger partial charge in [0.2, 0.25) is 0 Å². The van der Waals surface area contributed by atoms with Gasteiger partial charge in [-0.3, -0.25) is 4.79 Å². The molecule has 0 aliphatic carbocycles. The molecule has 1 fully saturated rings. The molecule has 2 aromatic carbocycles. The minimum atomic E-state index is -0.721. The third-order valence-electron chi connectivity index (χ3n) is 4.13. The largest absolute Gasteiger partial charge is 0.479 e. The molecule has 0 aromatic heterocycles. The standard InChI is InChI=1S/C19H19BrCl2N2O3/c1-12(27-18-5-2-13(21)10-16(18)22)19(25)23-14-3-4-17(15(20)11-14)24-6-8-26-9-7-24/h2-5,10-12H,6-9H2,1H3,(H,23,25)/t12-/m1/s1. The van der Waals surface area contributed by atoms with Crippen LogP contribution in [0.4, 0.5) is 11.4 Å². The summed E-state index contributed by atoms with van der Waals surface area (Å²) in [6.45, 7) is 4.78. The lowest BCUT2D eigenvalue weighted by atomic mass is 10.2. The SMILES string of the molecule is C[C@@H](Oc1ccc(Cl)cc1Cl)C(=O)Nc1ccc(N2CCOCC2)c(Br)c1. The van der Waals surface area contributed by atoms with Crippen molar-refractivity contribution in [1.29, 1.82) is 0 Å². The molecule has 1 aliphatic rings. The molecule has 0 unspecified atom stereocenters. The summed E-state index contributed by atoms with van der Waals surface area (Å²) in [7, 11) is 0. The van der Waals surface area contributed by atoms with Gasteiger partial charge in [-0.25, -0.2) is 0 Å². The highest BCUT2D eigenvalue weighted by atomic mass is 79.9. The summed E-state index contributed by atoms with van der Waals surface area (Å²) in [6, 6.07) is 10.6. The fourth-order valence-electron chi connectivity index (χ4n) is 2.70. The first-order valence-electron chi connectivity index (χ1n) is 8.49. The van der Waals surface area contributed by atoms with Crippen LogP contribution in [0, 0.1) is 0 Å². The number of ether oxygens (including phenoxy) is 2. The van der Waals surface area contributed by atoms with Gasteiger partial charge in [0, 0.05) is 28.3 Å². The lowest BCUT2D eigenvalue weighted by Crippen LogP contribution is -2.36. The second kappa shape index (κ2) is 9.15. The molecule has 1 heterocycles. The number of carbonyl (C=O) groups excluding carboxylic acids is 1. The first-order chi connectivity index (χ1) is 12.9. The third kappa shape index (κ3) is 5.29. The summed E-state index contributed by atoms with van der Waals surface area (Å²) in [5.41, 5.74) is 1.76. The number of morpholine rings is 1. The Bertz CT molecular complexity index is 829. The Labute approximate surface area is 176 Å². The van der Waals surface area contributed by atoms with E-state index < -0.39 is 6.10 Å². The molecule has 1 amide bonds. The number of halogens is 3. The lowest BCUT2D eigenvalue weighted by molar-refractivity contribution is -0.122. The normalized spacial score (nSPS) is 15.3. The zero-order valence-corrected chi connectivity index (χ0v) is 17.8. The zero-order chi connectivity index (χ0) is 19.4. The van der Waals surface area contributed by atoms with Gasteiger partial charge in [-0.2, -0.15) is 0 Å². The van der Waals surface area contributed by atoms with E-state index >= 15 is 0 Å². The summed E-state index contributed by atoms with van der Waals surface area (Å²) < 4.78 is 11.9. The molecule has 0 bridgehead atoms. The average Bonchev–Trinajstić information content (AvgIpc) is 2.64. The topological polar surface area (TPSA) is 50.8 Å². The van der Waals surface area contributed by atoms with Crippen LogP contribution in [0.1, 0.15) is 6.92 Å². The second-order valence-electron chi connectivity index (χ2n) is 6.09. The van der Waals surface area contributed by atoms with E-state index in [-0.39, 0.29) is 5.91 Å². The van der Waals surface area contributed by atoms with Gasteiger partial charge in [0.05, 0.1) is 23.9 Å². The fourth-order valence-corrected chi connectivity index (χ4v) is 3.79. The Morgan fingerprint density at radius 2 is 1.96 bits per heavy atom. The van der Waals surface area contributed by atoms with E-state index in [0.29, 0.717) is 34.7 Å². The summed E-state index contributed by atoms with van der Waals surface area (Å²) in [6.07, 6.45) is -0.721. The van der Waals surface area contributed by atoms with Crippen molar-refractivity contribution in [2.45, 2.75) is 13.0 Å². The molecule has 144 valence electrons. The molecule has 0 radical (unpaired) electrons. The summed E-state index contributed by atoms with van der Waals surface area (Å²) in [5, 5.41) is 3.73. The number of benzene rings is 2. The molecule has 0 spiro atoms. The smallest absolute Gasteiger partial charge is 0.265 e. The highest BCUT2D eigenvalue weighted by molar-refractivity contribution is 9.10. The van der Waals surface area contributed by atoms with E-state index in [1.807, 2.05) is 18.2 Å². The number of nitrogens with one attached hydrogen (secondary N) is 1. The molecule has 27 heavy (non-hydrogen) atoms. The van der Waals surface area contributed by atoms with Crippen LogP contribution in [-0.4, -0.2) is 38.3 Å². The summed E-state index contributed by atoms with van der Waals surface area (Å²) in [4.78, 5) is 14.7. The quantitative estimate of drug-likeness (QED) is 0.663. The molecule has 0 saturated carbocycles. The molecule has 1 saturated heterocycles. The van der Waals surface area contributed by atoms with Crippen molar-refractivity contribution in [1.82, 2.24) is 0 Å². The number of carbonyl (C=O) groups is 1. The second-order valence-corrected chi connectivity index (χ2v) is 7.79. The highest BCUT2D eigenvalue weighted by Crippen LogP contribution is 2.31. The molecule has 2 aromatic rings. The van der Waals surface area contributed by atoms with Crippen molar-refractivity contribution in [3.63, 3.8) is 0 Å². The zero-order valence-electron chi connectivity index (χ0n) is 14.7. The van der Waals surface area contributed by atoms with Crippen molar-refractivity contribution < 1.29 is 14.3 Å². The third-order valence-corrected chi connectivity index (χ3v) is 5.30. The molecular weight excluding hydrogens is 455 g/mol. The average molecular weight is 474 g/mol. The highest BCUT2D eigenvalue weighted by Gasteiger charge is 2.18. The Balaban J connectivity index is 1.63. The van der Waals surface area contributed by atoms with Crippen LogP contribution in [0.25, 0.3) is 0 Å². The minimum Gasteiger partial charge on any atom is -0.479 e. The maximum Gasteiger partial charge on any atom is 0.265 e. The lowest BCUT2D eigenvalue weighted by Gasteiger charge is -2.29. The van der Waals surface area contributed by atoms with Gasteiger partial charge in [0.15, 0.2) is 6.10 Å². The maximum absolute atomic E-state index is 12.4. The maximum atomic E-state index is 12.4. The Morgan fingerprint density at radius 1 is 1.22 bits per heavy atom. The number of hydrogen-bond donors (Lipinski definition) is 1. The van der Waals surface area contributed by atoms with Crippen LogP contribution >= 0.6 is 39.1 Å². The van der Waals surface area contributed by atoms with Crippen LogP contribution in [0.5, 0.6) is 5.75 Å². The Morgan fingerprint density at radius 3 is 2.63 bits per heavy atom. The van der Waals surface area contributed by atoms with E-state index in [0.717, 1.165) is 23.2 Å². The molecule has 1 aliphatic heterocycles. The first kappa shape index (κ1) is 20.3. The Hall–Kier alpha value is -1.47. The van der Waals surface area contributed by atoms with Crippen molar-refractivity contribution in [2.75, 3.05) is 36.5 Å². The predicted octanol–water partition coefficient (Wildman–Crippen LogP) is 5.00.